The molecular formula is C17H13ClN2O4S. The summed E-state index contributed by atoms with van der Waals surface area (Å²) < 4.78 is 29.5. The van der Waals surface area contributed by atoms with Crippen LogP contribution in [0.15, 0.2) is 53.6 Å². The number of ether oxygens (including phenoxy) is 1. The number of rotatable bonds is 4. The number of aromatic nitrogens is 1. The Kier molecular flexibility index (Phi) is 4.36. The highest BCUT2D eigenvalue weighted by Gasteiger charge is 2.18. The van der Waals surface area contributed by atoms with E-state index in [4.69, 9.17) is 22.1 Å². The fourth-order valence-electron chi connectivity index (χ4n) is 2.31. The van der Waals surface area contributed by atoms with Crippen molar-refractivity contribution in [2.24, 2.45) is 5.73 Å². The number of carbonyl (C=O) groups excluding carboxylic acids is 1. The molecule has 0 fully saturated rings. The number of hydrogen-bond donors (Lipinski definition) is 1. The second-order valence-corrected chi connectivity index (χ2v) is 7.83. The number of sulfone groups is 1. The summed E-state index contributed by atoms with van der Waals surface area (Å²) >= 11 is 5.95. The van der Waals surface area contributed by atoms with E-state index in [0.717, 1.165) is 6.26 Å². The van der Waals surface area contributed by atoms with E-state index in [-0.39, 0.29) is 16.2 Å². The van der Waals surface area contributed by atoms with Crippen LogP contribution in [0, 0.1) is 0 Å². The van der Waals surface area contributed by atoms with Gasteiger partial charge in [0.15, 0.2) is 15.6 Å². The molecule has 3 rings (SSSR count). The Bertz CT molecular complexity index is 1100. The van der Waals surface area contributed by atoms with Gasteiger partial charge in [-0.2, -0.15) is 0 Å². The van der Waals surface area contributed by atoms with Crippen molar-refractivity contribution < 1.29 is 17.9 Å². The number of hydrogen-bond acceptors (Lipinski definition) is 5. The molecule has 0 aliphatic rings. The first-order chi connectivity index (χ1) is 11.8. The van der Waals surface area contributed by atoms with Crippen molar-refractivity contribution in [1.29, 1.82) is 0 Å². The van der Waals surface area contributed by atoms with Crippen molar-refractivity contribution >= 4 is 38.2 Å². The van der Waals surface area contributed by atoms with E-state index in [1.807, 2.05) is 0 Å². The first kappa shape index (κ1) is 17.2. The van der Waals surface area contributed by atoms with Gasteiger partial charge < -0.3 is 10.5 Å². The molecule has 2 aromatic carbocycles. The minimum absolute atomic E-state index is 0.0399. The minimum Gasteiger partial charge on any atom is -0.456 e. The highest BCUT2D eigenvalue weighted by molar-refractivity contribution is 7.90. The van der Waals surface area contributed by atoms with Crippen molar-refractivity contribution in [2.45, 2.75) is 4.90 Å². The van der Waals surface area contributed by atoms with Gasteiger partial charge in [0.25, 0.3) is 5.91 Å². The number of benzene rings is 2. The molecule has 6 nitrogen and oxygen atoms in total. The lowest BCUT2D eigenvalue weighted by Crippen LogP contribution is -2.13. The lowest BCUT2D eigenvalue weighted by atomic mass is 10.1. The molecule has 0 aliphatic carbocycles. The highest BCUT2D eigenvalue weighted by atomic mass is 35.5. The molecule has 0 radical (unpaired) electrons. The Balaban J connectivity index is 2.28. The lowest BCUT2D eigenvalue weighted by Gasteiger charge is -2.13. The fraction of sp³-hybridized carbons (Fsp3) is 0.0588. The van der Waals surface area contributed by atoms with Gasteiger partial charge >= 0.3 is 0 Å². The number of amides is 1. The average Bonchev–Trinajstić information content (AvgIpc) is 2.53. The van der Waals surface area contributed by atoms with E-state index in [2.05, 4.69) is 4.98 Å². The number of pyridine rings is 1. The molecule has 1 aromatic heterocycles. The SMILES string of the molecule is CS(=O)(=O)c1ccc2ncc(C(N)=O)c(Oc3cccc(Cl)c3)c2c1. The molecule has 0 atom stereocenters. The van der Waals surface area contributed by atoms with Gasteiger partial charge in [-0.1, -0.05) is 17.7 Å². The molecule has 0 unspecified atom stereocenters. The van der Waals surface area contributed by atoms with E-state index in [1.165, 1.54) is 18.3 Å². The van der Waals surface area contributed by atoms with Crippen LogP contribution < -0.4 is 10.5 Å². The van der Waals surface area contributed by atoms with E-state index in [1.54, 1.807) is 30.3 Å². The fourth-order valence-corrected chi connectivity index (χ4v) is 3.14. The third kappa shape index (κ3) is 3.57. The van der Waals surface area contributed by atoms with Crippen LogP contribution >= 0.6 is 11.6 Å². The second kappa shape index (κ2) is 6.34. The number of fused-ring (bicyclic) bond motifs is 1. The van der Waals surface area contributed by atoms with Gasteiger partial charge in [0, 0.05) is 22.9 Å². The van der Waals surface area contributed by atoms with E-state index in [9.17, 15) is 13.2 Å². The van der Waals surface area contributed by atoms with Crippen molar-refractivity contribution in [1.82, 2.24) is 4.98 Å². The molecule has 0 aliphatic heterocycles. The summed E-state index contributed by atoms with van der Waals surface area (Å²) in [5, 5.41) is 0.813. The molecule has 8 heteroatoms. The molecule has 25 heavy (non-hydrogen) atoms. The summed E-state index contributed by atoms with van der Waals surface area (Å²) in [6.45, 7) is 0. The molecule has 0 saturated carbocycles. The summed E-state index contributed by atoms with van der Waals surface area (Å²) in [5.41, 5.74) is 5.92. The summed E-state index contributed by atoms with van der Waals surface area (Å²) in [7, 11) is -3.44. The maximum atomic E-state index is 11.8. The number of primary amides is 1. The van der Waals surface area contributed by atoms with Gasteiger partial charge in [-0.05, 0) is 36.4 Å². The molecule has 1 amide bonds. The monoisotopic (exact) mass is 376 g/mol. The van der Waals surface area contributed by atoms with Crippen molar-refractivity contribution in [3.8, 4) is 11.5 Å². The van der Waals surface area contributed by atoms with Gasteiger partial charge in [-0.3, -0.25) is 9.78 Å². The van der Waals surface area contributed by atoms with Crippen LogP contribution in [0.1, 0.15) is 10.4 Å². The van der Waals surface area contributed by atoms with Crippen molar-refractivity contribution in [3.05, 3.63) is 59.2 Å². The predicted octanol–water partition coefficient (Wildman–Crippen LogP) is 3.18. The van der Waals surface area contributed by atoms with Crippen LogP contribution in [0.2, 0.25) is 5.02 Å². The Morgan fingerprint density at radius 3 is 2.60 bits per heavy atom. The molecule has 3 aromatic rings. The van der Waals surface area contributed by atoms with E-state index in [0.29, 0.717) is 21.7 Å². The van der Waals surface area contributed by atoms with Gasteiger partial charge in [-0.15, -0.1) is 0 Å². The summed E-state index contributed by atoms with van der Waals surface area (Å²) in [6.07, 6.45) is 2.39. The zero-order valence-corrected chi connectivity index (χ0v) is 14.6. The summed E-state index contributed by atoms with van der Waals surface area (Å²) in [6, 6.07) is 11.0. The smallest absolute Gasteiger partial charge is 0.254 e. The third-order valence-electron chi connectivity index (χ3n) is 3.50. The maximum absolute atomic E-state index is 11.8. The van der Waals surface area contributed by atoms with Crippen molar-refractivity contribution in [3.63, 3.8) is 0 Å². The number of carbonyl (C=O) groups is 1. The number of nitrogens with zero attached hydrogens (tertiary/aromatic N) is 1. The zero-order valence-electron chi connectivity index (χ0n) is 13.1. The number of nitrogens with two attached hydrogens (primary N) is 1. The lowest BCUT2D eigenvalue weighted by molar-refractivity contribution is 0.0998. The molecular weight excluding hydrogens is 364 g/mol. The zero-order chi connectivity index (χ0) is 18.2. The molecule has 0 saturated heterocycles. The normalized spacial score (nSPS) is 11.4. The summed E-state index contributed by atoms with van der Waals surface area (Å²) in [5.74, 6) is -0.228. The molecule has 128 valence electrons. The molecule has 0 bridgehead atoms. The van der Waals surface area contributed by atoms with Gasteiger partial charge in [0.1, 0.15) is 11.3 Å². The van der Waals surface area contributed by atoms with Gasteiger partial charge in [-0.25, -0.2) is 8.42 Å². The van der Waals surface area contributed by atoms with Crippen LogP contribution in [-0.4, -0.2) is 25.6 Å². The Labute approximate surface area is 149 Å². The van der Waals surface area contributed by atoms with Crippen LogP contribution in [0.25, 0.3) is 10.9 Å². The van der Waals surface area contributed by atoms with Crippen molar-refractivity contribution in [2.75, 3.05) is 6.26 Å². The molecule has 2 N–H and O–H groups in total. The highest BCUT2D eigenvalue weighted by Crippen LogP contribution is 2.34. The minimum atomic E-state index is -3.44. The maximum Gasteiger partial charge on any atom is 0.254 e. The molecule has 1 heterocycles. The van der Waals surface area contributed by atoms with Crippen LogP contribution in [0.5, 0.6) is 11.5 Å². The third-order valence-corrected chi connectivity index (χ3v) is 4.84. The van der Waals surface area contributed by atoms with Crippen LogP contribution in [0.3, 0.4) is 0 Å². The standard InChI is InChI=1S/C17H13ClN2O4S/c1-25(22,23)12-5-6-15-13(8-12)16(14(9-20-15)17(19)21)24-11-4-2-3-10(18)7-11/h2-9H,1H3,(H2,19,21). The second-order valence-electron chi connectivity index (χ2n) is 5.38. The van der Waals surface area contributed by atoms with Gasteiger partial charge in [0.05, 0.1) is 10.4 Å². The van der Waals surface area contributed by atoms with E-state index >= 15 is 0 Å². The predicted molar refractivity (Wildman–Crippen MR) is 94.9 cm³/mol. The Morgan fingerprint density at radius 1 is 1.20 bits per heavy atom. The first-order valence-corrected chi connectivity index (χ1v) is 9.38. The quantitative estimate of drug-likeness (QED) is 0.753. The number of halogens is 1. The van der Waals surface area contributed by atoms with Crippen LogP contribution in [-0.2, 0) is 9.84 Å². The summed E-state index contributed by atoms with van der Waals surface area (Å²) in [4.78, 5) is 16.0. The van der Waals surface area contributed by atoms with Gasteiger partial charge in [0.2, 0.25) is 0 Å². The Morgan fingerprint density at radius 2 is 1.96 bits per heavy atom. The topological polar surface area (TPSA) is 99.4 Å². The van der Waals surface area contributed by atoms with Crippen LogP contribution in [0.4, 0.5) is 0 Å². The first-order valence-electron chi connectivity index (χ1n) is 7.12. The largest absolute Gasteiger partial charge is 0.456 e. The van der Waals surface area contributed by atoms with E-state index < -0.39 is 15.7 Å². The molecule has 0 spiro atoms. The Hall–Kier alpha value is -2.64. The average molecular weight is 377 g/mol.